The van der Waals surface area contributed by atoms with Gasteiger partial charge in [-0.25, -0.2) is 4.98 Å². The van der Waals surface area contributed by atoms with Gasteiger partial charge in [-0.1, -0.05) is 20.8 Å². The van der Waals surface area contributed by atoms with Crippen molar-refractivity contribution in [2.45, 2.75) is 52.5 Å². The van der Waals surface area contributed by atoms with E-state index in [2.05, 4.69) is 41.3 Å². The average molecular weight is 250 g/mol. The van der Waals surface area contributed by atoms with Gasteiger partial charge in [-0.15, -0.1) is 5.10 Å². The molecule has 5 nitrogen and oxygen atoms in total. The molecule has 2 rings (SSSR count). The predicted octanol–water partition coefficient (Wildman–Crippen LogP) is 1.92. The molecule has 0 aromatic carbocycles. The molecule has 1 saturated carbocycles. The highest BCUT2D eigenvalue weighted by Gasteiger charge is 2.31. The summed E-state index contributed by atoms with van der Waals surface area (Å²) < 4.78 is 0. The van der Waals surface area contributed by atoms with Crippen LogP contribution in [0.25, 0.3) is 0 Å². The van der Waals surface area contributed by atoms with Gasteiger partial charge in [0.2, 0.25) is 5.82 Å². The van der Waals surface area contributed by atoms with E-state index in [1.165, 1.54) is 6.42 Å². The van der Waals surface area contributed by atoms with E-state index in [9.17, 15) is 4.79 Å². The molecule has 2 N–H and O–H groups in total. The molecule has 1 aromatic rings. The normalized spacial score (nSPS) is 27.4. The quantitative estimate of drug-likeness (QED) is 0.857. The van der Waals surface area contributed by atoms with E-state index >= 15 is 0 Å². The summed E-state index contributed by atoms with van der Waals surface area (Å²) >= 11 is 0. The smallest absolute Gasteiger partial charge is 0.291 e. The SMILES string of the molecule is CCCc1nc(C(=O)NC2CCC(C)C2C)n[nH]1. The lowest BCUT2D eigenvalue weighted by atomic mass is 9.98. The fourth-order valence-corrected chi connectivity index (χ4v) is 2.55. The van der Waals surface area contributed by atoms with E-state index in [-0.39, 0.29) is 17.8 Å². The molecule has 1 heterocycles. The van der Waals surface area contributed by atoms with Crippen LogP contribution in [-0.4, -0.2) is 27.1 Å². The molecule has 5 heteroatoms. The number of carbonyl (C=O) groups is 1. The van der Waals surface area contributed by atoms with Crippen molar-refractivity contribution in [1.82, 2.24) is 20.5 Å². The summed E-state index contributed by atoms with van der Waals surface area (Å²) in [7, 11) is 0. The van der Waals surface area contributed by atoms with Crippen molar-refractivity contribution in [2.75, 3.05) is 0 Å². The van der Waals surface area contributed by atoms with Crippen LogP contribution in [0.3, 0.4) is 0 Å². The zero-order valence-corrected chi connectivity index (χ0v) is 11.4. The maximum absolute atomic E-state index is 12.0. The molecule has 1 fully saturated rings. The first kappa shape index (κ1) is 13.1. The molecule has 1 aliphatic rings. The Labute approximate surface area is 108 Å². The minimum atomic E-state index is -0.153. The number of nitrogens with one attached hydrogen (secondary N) is 2. The van der Waals surface area contributed by atoms with Crippen molar-refractivity contribution < 1.29 is 4.79 Å². The first-order chi connectivity index (χ1) is 8.61. The summed E-state index contributed by atoms with van der Waals surface area (Å²) in [6.45, 7) is 6.51. The lowest BCUT2D eigenvalue weighted by molar-refractivity contribution is 0.0917. The maximum Gasteiger partial charge on any atom is 0.291 e. The number of carbonyl (C=O) groups excluding carboxylic acids is 1. The van der Waals surface area contributed by atoms with Crippen LogP contribution in [0.4, 0.5) is 0 Å². The molecule has 18 heavy (non-hydrogen) atoms. The molecule has 3 atom stereocenters. The third-order valence-electron chi connectivity index (χ3n) is 4.00. The molecule has 0 saturated heterocycles. The highest BCUT2D eigenvalue weighted by Crippen LogP contribution is 2.31. The largest absolute Gasteiger partial charge is 0.346 e. The van der Waals surface area contributed by atoms with Gasteiger partial charge >= 0.3 is 0 Å². The summed E-state index contributed by atoms with van der Waals surface area (Å²) in [5.74, 6) is 2.11. The van der Waals surface area contributed by atoms with Gasteiger partial charge in [0.25, 0.3) is 5.91 Å². The van der Waals surface area contributed by atoms with Crippen molar-refractivity contribution >= 4 is 5.91 Å². The van der Waals surface area contributed by atoms with E-state index in [1.54, 1.807) is 0 Å². The fraction of sp³-hybridized carbons (Fsp3) is 0.769. The fourth-order valence-electron chi connectivity index (χ4n) is 2.55. The van der Waals surface area contributed by atoms with Crippen molar-refractivity contribution in [1.29, 1.82) is 0 Å². The number of amides is 1. The first-order valence-corrected chi connectivity index (χ1v) is 6.84. The minimum Gasteiger partial charge on any atom is -0.346 e. The molecule has 0 spiro atoms. The number of aryl methyl sites for hydroxylation is 1. The first-order valence-electron chi connectivity index (χ1n) is 6.84. The van der Waals surface area contributed by atoms with Gasteiger partial charge in [0.05, 0.1) is 0 Å². The number of hydrogen-bond donors (Lipinski definition) is 2. The van der Waals surface area contributed by atoms with E-state index < -0.39 is 0 Å². The van der Waals surface area contributed by atoms with Gasteiger partial charge in [-0.2, -0.15) is 0 Å². The van der Waals surface area contributed by atoms with Crippen LogP contribution in [0.1, 0.15) is 56.5 Å². The Bertz CT molecular complexity index is 415. The maximum atomic E-state index is 12.0. The molecule has 0 bridgehead atoms. The van der Waals surface area contributed by atoms with Gasteiger partial charge in [0, 0.05) is 12.5 Å². The Morgan fingerprint density at radius 3 is 2.83 bits per heavy atom. The molecular formula is C13H22N4O. The molecule has 3 unspecified atom stereocenters. The van der Waals surface area contributed by atoms with Crippen LogP contribution in [0.5, 0.6) is 0 Å². The molecule has 0 radical (unpaired) electrons. The number of H-pyrrole nitrogens is 1. The van der Waals surface area contributed by atoms with E-state index in [0.29, 0.717) is 11.8 Å². The van der Waals surface area contributed by atoms with Crippen molar-refractivity contribution in [3.63, 3.8) is 0 Å². The summed E-state index contributed by atoms with van der Waals surface area (Å²) in [5.41, 5.74) is 0. The Morgan fingerprint density at radius 2 is 2.22 bits per heavy atom. The Morgan fingerprint density at radius 1 is 1.44 bits per heavy atom. The summed E-state index contributed by atoms with van der Waals surface area (Å²) in [5, 5.41) is 9.83. The molecular weight excluding hydrogens is 228 g/mol. The topological polar surface area (TPSA) is 70.7 Å². The van der Waals surface area contributed by atoms with Gasteiger partial charge in [0.15, 0.2) is 0 Å². The van der Waals surface area contributed by atoms with Crippen LogP contribution in [0, 0.1) is 11.8 Å². The Hall–Kier alpha value is -1.39. The minimum absolute atomic E-state index is 0.153. The Balaban J connectivity index is 1.95. The Kier molecular flexibility index (Phi) is 3.99. The van der Waals surface area contributed by atoms with E-state index in [0.717, 1.165) is 25.1 Å². The summed E-state index contributed by atoms with van der Waals surface area (Å²) in [6, 6.07) is 0.264. The third kappa shape index (κ3) is 2.71. The summed E-state index contributed by atoms with van der Waals surface area (Å²) in [6.07, 6.45) is 4.06. The second-order valence-corrected chi connectivity index (χ2v) is 5.35. The lowest BCUT2D eigenvalue weighted by Crippen LogP contribution is -2.37. The highest BCUT2D eigenvalue weighted by atomic mass is 16.2. The van der Waals surface area contributed by atoms with Crippen LogP contribution >= 0.6 is 0 Å². The second-order valence-electron chi connectivity index (χ2n) is 5.35. The van der Waals surface area contributed by atoms with E-state index in [1.807, 2.05) is 0 Å². The molecule has 1 aliphatic carbocycles. The summed E-state index contributed by atoms with van der Waals surface area (Å²) in [4.78, 5) is 16.2. The monoisotopic (exact) mass is 250 g/mol. The van der Waals surface area contributed by atoms with Gasteiger partial charge in [-0.3, -0.25) is 9.89 Å². The number of aromatic nitrogens is 3. The zero-order valence-electron chi connectivity index (χ0n) is 11.4. The highest BCUT2D eigenvalue weighted by molar-refractivity contribution is 5.90. The van der Waals surface area contributed by atoms with Crippen LogP contribution in [0.15, 0.2) is 0 Å². The molecule has 1 aromatic heterocycles. The number of rotatable bonds is 4. The number of nitrogens with zero attached hydrogens (tertiary/aromatic N) is 2. The molecule has 1 amide bonds. The lowest BCUT2D eigenvalue weighted by Gasteiger charge is -2.18. The zero-order chi connectivity index (χ0) is 13.1. The van der Waals surface area contributed by atoms with E-state index in [4.69, 9.17) is 0 Å². The van der Waals surface area contributed by atoms with Crippen molar-refractivity contribution in [3.05, 3.63) is 11.6 Å². The van der Waals surface area contributed by atoms with Crippen molar-refractivity contribution in [2.24, 2.45) is 11.8 Å². The molecule has 100 valence electrons. The second kappa shape index (κ2) is 5.50. The third-order valence-corrected chi connectivity index (χ3v) is 4.00. The van der Waals surface area contributed by atoms with Crippen LogP contribution in [-0.2, 0) is 6.42 Å². The average Bonchev–Trinajstić information content (AvgIpc) is 2.92. The predicted molar refractivity (Wildman–Crippen MR) is 69.2 cm³/mol. The van der Waals surface area contributed by atoms with Gasteiger partial charge in [0.1, 0.15) is 5.82 Å². The number of aromatic amines is 1. The van der Waals surface area contributed by atoms with Crippen molar-refractivity contribution in [3.8, 4) is 0 Å². The number of hydrogen-bond acceptors (Lipinski definition) is 3. The van der Waals surface area contributed by atoms with Gasteiger partial charge < -0.3 is 5.32 Å². The van der Waals surface area contributed by atoms with Gasteiger partial charge in [-0.05, 0) is 31.1 Å². The molecule has 0 aliphatic heterocycles. The standard InChI is InChI=1S/C13H22N4O/c1-4-5-11-15-12(17-16-11)13(18)14-10-7-6-8(2)9(10)3/h8-10H,4-7H2,1-3H3,(H,14,18)(H,15,16,17). The van der Waals surface area contributed by atoms with Crippen LogP contribution in [0.2, 0.25) is 0 Å². The van der Waals surface area contributed by atoms with Crippen LogP contribution < -0.4 is 5.32 Å².